The second-order valence-corrected chi connectivity index (χ2v) is 8.41. The number of pyridine rings is 1. The predicted molar refractivity (Wildman–Crippen MR) is 130 cm³/mol. The third-order valence-corrected chi connectivity index (χ3v) is 5.94. The van der Waals surface area contributed by atoms with Crippen molar-refractivity contribution in [3.05, 3.63) is 86.3 Å². The molecule has 10 heteroatoms. The van der Waals surface area contributed by atoms with E-state index in [1.165, 1.54) is 0 Å². The van der Waals surface area contributed by atoms with Gasteiger partial charge in [-0.2, -0.15) is 5.10 Å². The summed E-state index contributed by atoms with van der Waals surface area (Å²) >= 11 is 15.2. The summed E-state index contributed by atoms with van der Waals surface area (Å²) in [5, 5.41) is 7.82. The average Bonchev–Trinajstić information content (AvgIpc) is 3.18. The number of nitrogens with zero attached hydrogens (tertiary/aromatic N) is 3. The lowest BCUT2D eigenvalue weighted by atomic mass is 10.1. The van der Waals surface area contributed by atoms with Crippen LogP contribution >= 0.6 is 39.7 Å². The number of benzene rings is 2. The van der Waals surface area contributed by atoms with Crippen molar-refractivity contribution >= 4 is 39.7 Å². The Balaban J connectivity index is 1.62. The van der Waals surface area contributed by atoms with Crippen molar-refractivity contribution in [3.63, 3.8) is 0 Å². The maximum atomic E-state index is 6.18. The Kier molecular flexibility index (Phi) is 7.09. The van der Waals surface area contributed by atoms with Crippen LogP contribution in [-0.4, -0.2) is 27.0 Å². The molecular weight excluding hydrogens is 514 g/mol. The topological polar surface area (TPSA) is 77.0 Å². The van der Waals surface area contributed by atoms with Gasteiger partial charge in [0.25, 0.3) is 0 Å². The third-order valence-electron chi connectivity index (χ3n) is 4.68. The standard InChI is InChI=1S/C22H19BrClN5O2S/c1-30-19-6-5-18(23)17(20(19)31-13-14-3-2-4-16(24)11-14)12-26-29-21(27-28-22(29)32)15-7-9-25-10-8-15/h2-11,26H,12-13H2,1H3,(H,28,32). The lowest BCUT2D eigenvalue weighted by molar-refractivity contribution is 0.281. The number of nitrogens with one attached hydrogen (secondary N) is 2. The minimum Gasteiger partial charge on any atom is -0.493 e. The third kappa shape index (κ3) is 4.95. The molecule has 2 aromatic carbocycles. The monoisotopic (exact) mass is 531 g/mol. The van der Waals surface area contributed by atoms with Gasteiger partial charge in [-0.3, -0.25) is 4.98 Å². The lowest BCUT2D eigenvalue weighted by Crippen LogP contribution is -2.17. The number of H-pyrrole nitrogens is 1. The molecule has 4 rings (SSSR count). The van der Waals surface area contributed by atoms with Gasteiger partial charge in [0.2, 0.25) is 4.77 Å². The Morgan fingerprint density at radius 1 is 1.19 bits per heavy atom. The molecule has 2 heterocycles. The molecule has 2 N–H and O–H groups in total. The molecule has 0 saturated carbocycles. The highest BCUT2D eigenvalue weighted by Crippen LogP contribution is 2.37. The first-order chi connectivity index (χ1) is 15.6. The molecule has 0 aliphatic carbocycles. The van der Waals surface area contributed by atoms with E-state index in [1.807, 2.05) is 48.5 Å². The molecule has 164 valence electrons. The Hall–Kier alpha value is -2.88. The summed E-state index contributed by atoms with van der Waals surface area (Å²) < 4.78 is 14.8. The summed E-state index contributed by atoms with van der Waals surface area (Å²) in [5.74, 6) is 1.89. The number of hydrogen-bond donors (Lipinski definition) is 2. The molecule has 0 radical (unpaired) electrons. The van der Waals surface area contributed by atoms with Crippen LogP contribution in [0, 0.1) is 4.77 Å². The van der Waals surface area contributed by atoms with Crippen molar-refractivity contribution in [1.82, 2.24) is 19.9 Å². The molecule has 32 heavy (non-hydrogen) atoms. The molecule has 7 nitrogen and oxygen atoms in total. The first-order valence-corrected chi connectivity index (χ1v) is 11.2. The quantitative estimate of drug-likeness (QED) is 0.281. The fourth-order valence-electron chi connectivity index (χ4n) is 3.14. The Morgan fingerprint density at radius 3 is 2.75 bits per heavy atom. The van der Waals surface area contributed by atoms with Crippen LogP contribution in [0.1, 0.15) is 11.1 Å². The van der Waals surface area contributed by atoms with Gasteiger partial charge in [-0.05, 0) is 54.2 Å². The maximum Gasteiger partial charge on any atom is 0.214 e. The Morgan fingerprint density at radius 2 is 2.00 bits per heavy atom. The molecule has 4 aromatic rings. The largest absolute Gasteiger partial charge is 0.493 e. The molecule has 2 aromatic heterocycles. The first kappa shape index (κ1) is 22.3. The second-order valence-electron chi connectivity index (χ2n) is 6.73. The van der Waals surface area contributed by atoms with Gasteiger partial charge in [0.15, 0.2) is 17.3 Å². The van der Waals surface area contributed by atoms with Gasteiger partial charge in [0, 0.05) is 33.0 Å². The normalized spacial score (nSPS) is 10.7. The van der Waals surface area contributed by atoms with E-state index in [4.69, 9.17) is 33.3 Å². The van der Waals surface area contributed by atoms with Crippen LogP contribution in [0.2, 0.25) is 5.02 Å². The highest BCUT2D eigenvalue weighted by atomic mass is 79.9. The summed E-state index contributed by atoms with van der Waals surface area (Å²) in [5.41, 5.74) is 6.03. The zero-order valence-corrected chi connectivity index (χ0v) is 20.2. The van der Waals surface area contributed by atoms with E-state index in [0.29, 0.717) is 40.3 Å². The molecule has 0 saturated heterocycles. The van der Waals surface area contributed by atoms with E-state index in [2.05, 4.69) is 36.5 Å². The van der Waals surface area contributed by atoms with E-state index < -0.39 is 0 Å². The van der Waals surface area contributed by atoms with Crippen molar-refractivity contribution in [2.45, 2.75) is 13.2 Å². The zero-order valence-electron chi connectivity index (χ0n) is 17.0. The molecular formula is C22H19BrClN5O2S. The van der Waals surface area contributed by atoms with Crippen molar-refractivity contribution in [2.75, 3.05) is 12.5 Å². The van der Waals surface area contributed by atoms with Gasteiger partial charge in [-0.1, -0.05) is 39.7 Å². The molecule has 0 bridgehead atoms. The number of rotatable bonds is 8. The first-order valence-electron chi connectivity index (χ1n) is 9.61. The maximum absolute atomic E-state index is 6.18. The molecule has 0 aliphatic heterocycles. The minimum atomic E-state index is 0.341. The number of aromatic amines is 1. The van der Waals surface area contributed by atoms with Crippen LogP contribution in [0.25, 0.3) is 11.4 Å². The number of aromatic nitrogens is 4. The van der Waals surface area contributed by atoms with Gasteiger partial charge < -0.3 is 14.9 Å². The minimum absolute atomic E-state index is 0.341. The van der Waals surface area contributed by atoms with Gasteiger partial charge in [0.1, 0.15) is 6.61 Å². The molecule has 0 unspecified atom stereocenters. The average molecular weight is 533 g/mol. The fourth-order valence-corrected chi connectivity index (χ4v) is 4.01. The second kappa shape index (κ2) is 10.2. The Bertz CT molecular complexity index is 1280. The van der Waals surface area contributed by atoms with Crippen LogP contribution in [0.15, 0.2) is 65.4 Å². The van der Waals surface area contributed by atoms with Crippen LogP contribution in [0.5, 0.6) is 11.5 Å². The summed E-state index contributed by atoms with van der Waals surface area (Å²) in [6.45, 7) is 0.738. The predicted octanol–water partition coefficient (Wildman–Crippen LogP) is 5.75. The SMILES string of the molecule is COc1ccc(Br)c(CNn2c(-c3ccncc3)n[nH]c2=S)c1OCc1cccc(Cl)c1. The lowest BCUT2D eigenvalue weighted by Gasteiger charge is -2.18. The van der Waals surface area contributed by atoms with Gasteiger partial charge in [-0.15, -0.1) is 0 Å². The molecule has 0 aliphatic rings. The van der Waals surface area contributed by atoms with E-state index in [-0.39, 0.29) is 0 Å². The van der Waals surface area contributed by atoms with Crippen LogP contribution in [0.4, 0.5) is 0 Å². The van der Waals surface area contributed by atoms with Crippen LogP contribution in [-0.2, 0) is 13.2 Å². The number of halogens is 2. The van der Waals surface area contributed by atoms with E-state index >= 15 is 0 Å². The van der Waals surface area contributed by atoms with Crippen molar-refractivity contribution < 1.29 is 9.47 Å². The zero-order chi connectivity index (χ0) is 22.5. The number of hydrogen-bond acceptors (Lipinski definition) is 6. The van der Waals surface area contributed by atoms with E-state index in [9.17, 15) is 0 Å². The molecule has 0 fully saturated rings. The van der Waals surface area contributed by atoms with Crippen LogP contribution in [0.3, 0.4) is 0 Å². The van der Waals surface area contributed by atoms with Crippen molar-refractivity contribution in [1.29, 1.82) is 0 Å². The summed E-state index contributed by atoms with van der Waals surface area (Å²) in [7, 11) is 1.61. The molecule has 0 atom stereocenters. The summed E-state index contributed by atoms with van der Waals surface area (Å²) in [6.07, 6.45) is 3.41. The van der Waals surface area contributed by atoms with Gasteiger partial charge in [0.05, 0.1) is 13.7 Å². The summed E-state index contributed by atoms with van der Waals surface area (Å²) in [6, 6.07) is 15.1. The van der Waals surface area contributed by atoms with Crippen molar-refractivity contribution in [2.24, 2.45) is 0 Å². The highest BCUT2D eigenvalue weighted by Gasteiger charge is 2.16. The number of ether oxygens (including phenoxy) is 2. The Labute approximate surface area is 203 Å². The van der Waals surface area contributed by atoms with Crippen molar-refractivity contribution in [3.8, 4) is 22.9 Å². The van der Waals surface area contributed by atoms with E-state index in [0.717, 1.165) is 21.2 Å². The highest BCUT2D eigenvalue weighted by molar-refractivity contribution is 9.10. The van der Waals surface area contributed by atoms with Gasteiger partial charge in [-0.25, -0.2) is 9.77 Å². The molecule has 0 amide bonds. The number of methoxy groups -OCH3 is 1. The van der Waals surface area contributed by atoms with Gasteiger partial charge >= 0.3 is 0 Å². The fraction of sp³-hybridized carbons (Fsp3) is 0.136. The molecule has 0 spiro atoms. The van der Waals surface area contributed by atoms with E-state index in [1.54, 1.807) is 24.2 Å². The van der Waals surface area contributed by atoms with Crippen LogP contribution < -0.4 is 14.9 Å². The smallest absolute Gasteiger partial charge is 0.214 e. The summed E-state index contributed by atoms with van der Waals surface area (Å²) in [4.78, 5) is 4.06.